The number of fused-ring (bicyclic) bond motifs is 9. The summed E-state index contributed by atoms with van der Waals surface area (Å²) in [5.74, 6) is 0.913. The fourth-order valence-corrected chi connectivity index (χ4v) is 10.5. The number of carbonyl (C=O) groups excluding carboxylic acids is 2. The van der Waals surface area contributed by atoms with Gasteiger partial charge in [-0.3, -0.25) is 9.59 Å². The summed E-state index contributed by atoms with van der Waals surface area (Å²) in [7, 11) is 4.05. The van der Waals surface area contributed by atoms with E-state index >= 15 is 4.79 Å². The highest BCUT2D eigenvalue weighted by Crippen LogP contribution is 2.66. The van der Waals surface area contributed by atoms with Crippen molar-refractivity contribution in [3.05, 3.63) is 53.1 Å². The summed E-state index contributed by atoms with van der Waals surface area (Å²) in [6.07, 6.45) is 8.64. The molecule has 48 heavy (non-hydrogen) atoms. The van der Waals surface area contributed by atoms with Crippen LogP contribution in [0.25, 0.3) is 22.2 Å². The molecule has 2 aromatic carbocycles. The van der Waals surface area contributed by atoms with Crippen molar-refractivity contribution < 1.29 is 22.7 Å². The Morgan fingerprint density at radius 2 is 1.65 bits per heavy atom. The van der Waals surface area contributed by atoms with Gasteiger partial charge in [-0.05, 0) is 86.5 Å². The highest BCUT2D eigenvalue weighted by molar-refractivity contribution is 7.87. The van der Waals surface area contributed by atoms with Gasteiger partial charge >= 0.3 is 10.2 Å². The lowest BCUT2D eigenvalue weighted by atomic mass is 9.81. The van der Waals surface area contributed by atoms with Crippen LogP contribution >= 0.6 is 0 Å². The van der Waals surface area contributed by atoms with E-state index < -0.39 is 21.5 Å². The molecule has 10 nitrogen and oxygen atoms in total. The topological polar surface area (TPSA) is 95.4 Å². The van der Waals surface area contributed by atoms with Gasteiger partial charge < -0.3 is 19.1 Å². The second kappa shape index (κ2) is 11.3. The molecule has 11 heteroatoms. The molecule has 2 amide bonds. The lowest BCUT2D eigenvalue weighted by Crippen LogP contribution is -2.57. The van der Waals surface area contributed by atoms with E-state index in [1.165, 1.54) is 51.5 Å². The highest BCUT2D eigenvalue weighted by atomic mass is 32.2. The Hall–Kier alpha value is -3.41. The van der Waals surface area contributed by atoms with Gasteiger partial charge in [-0.2, -0.15) is 12.7 Å². The number of carbonyl (C=O) groups is 2. The van der Waals surface area contributed by atoms with E-state index in [0.717, 1.165) is 81.7 Å². The van der Waals surface area contributed by atoms with Gasteiger partial charge in [0.25, 0.3) is 5.91 Å². The van der Waals surface area contributed by atoms with Gasteiger partial charge in [0.1, 0.15) is 5.75 Å². The summed E-state index contributed by atoms with van der Waals surface area (Å²) in [5, 5.41) is 1.09. The van der Waals surface area contributed by atoms with E-state index in [1.54, 1.807) is 13.2 Å². The van der Waals surface area contributed by atoms with Crippen molar-refractivity contribution in [2.45, 2.75) is 81.8 Å². The number of methoxy groups -OCH3 is 1. The molecule has 0 N–H and O–H groups in total. The van der Waals surface area contributed by atoms with Gasteiger partial charge in [0.2, 0.25) is 5.91 Å². The molecule has 2 saturated heterocycles. The van der Waals surface area contributed by atoms with Crippen LogP contribution in [-0.2, 0) is 21.5 Å². The maximum Gasteiger partial charge on any atom is 0.305 e. The van der Waals surface area contributed by atoms with Crippen LogP contribution in [0.1, 0.15) is 84.7 Å². The van der Waals surface area contributed by atoms with Gasteiger partial charge in [0.05, 0.1) is 18.2 Å². The number of likely N-dealkylation sites (tertiary alicyclic amines) is 1. The third-order valence-electron chi connectivity index (χ3n) is 12.2. The van der Waals surface area contributed by atoms with Crippen LogP contribution in [0.5, 0.6) is 5.75 Å². The fraction of sp³-hybridized carbons (Fsp3) is 0.568. The fourth-order valence-electron chi connectivity index (χ4n) is 9.65. The van der Waals surface area contributed by atoms with Crippen LogP contribution < -0.4 is 4.74 Å². The number of likely N-dealkylation sites (N-methyl/N-ethyl adjacent to an activating group) is 1. The second-order valence-electron chi connectivity index (χ2n) is 15.2. The zero-order chi connectivity index (χ0) is 33.7. The molecule has 3 aromatic rings. The molecule has 4 fully saturated rings. The maximum absolute atomic E-state index is 15.0. The number of benzene rings is 2. The quantitative estimate of drug-likeness (QED) is 0.364. The molecule has 4 unspecified atom stereocenters. The summed E-state index contributed by atoms with van der Waals surface area (Å²) in [5.41, 5.74) is 5.39. The monoisotopic (exact) mass is 673 g/mol. The van der Waals surface area contributed by atoms with Crippen molar-refractivity contribution in [2.24, 2.45) is 5.41 Å². The van der Waals surface area contributed by atoms with E-state index in [0.29, 0.717) is 18.0 Å². The molecule has 3 aliphatic heterocycles. The number of rotatable bonds is 6. The molecule has 4 atom stereocenters. The smallest absolute Gasteiger partial charge is 0.305 e. The van der Waals surface area contributed by atoms with Crippen LogP contribution in [0, 0.1) is 5.41 Å². The Morgan fingerprint density at radius 3 is 2.31 bits per heavy atom. The van der Waals surface area contributed by atoms with E-state index in [9.17, 15) is 13.2 Å². The van der Waals surface area contributed by atoms with Gasteiger partial charge in [-0.1, -0.05) is 25.3 Å². The zero-order valence-electron chi connectivity index (χ0n) is 28.7. The van der Waals surface area contributed by atoms with Crippen LogP contribution in [-0.4, -0.2) is 104 Å². The first-order valence-electron chi connectivity index (χ1n) is 17.5. The molecule has 0 spiro atoms. The molecule has 2 saturated carbocycles. The molecule has 256 valence electrons. The minimum absolute atomic E-state index is 0.0736. The Balaban J connectivity index is 1.33. The molecule has 8 rings (SSSR count). The molecule has 1 aromatic heterocycles. The number of nitrogens with zero attached hydrogens (tertiary/aromatic N) is 5. The Bertz CT molecular complexity index is 1920. The van der Waals surface area contributed by atoms with Crippen molar-refractivity contribution in [2.75, 3.05) is 48.4 Å². The number of hydrogen-bond acceptors (Lipinski definition) is 6. The van der Waals surface area contributed by atoms with Crippen molar-refractivity contribution >= 4 is 32.9 Å². The average Bonchev–Trinajstić information content (AvgIpc) is 3.67. The summed E-state index contributed by atoms with van der Waals surface area (Å²) in [4.78, 5) is 33.4. The lowest BCUT2D eigenvalue weighted by molar-refractivity contribution is -0.143. The SMILES string of the molecule is COc1ccc2c(c1)C1CC1(C(=O)N1C3CCC1CN(C)C3)Cn1c-2c(C2CCCCC2)c2ccc(C(=O)N(C)S(=O)(=O)N(C)C)cc21. The Morgan fingerprint density at radius 1 is 0.938 bits per heavy atom. The third kappa shape index (κ3) is 4.67. The number of aromatic nitrogens is 1. The van der Waals surface area contributed by atoms with Crippen LogP contribution in [0.15, 0.2) is 36.4 Å². The predicted octanol–water partition coefficient (Wildman–Crippen LogP) is 5.04. The Labute approximate surface area is 283 Å². The maximum atomic E-state index is 15.0. The summed E-state index contributed by atoms with van der Waals surface area (Å²) < 4.78 is 35.9. The normalized spacial score (nSPS) is 27.0. The van der Waals surface area contributed by atoms with Crippen molar-refractivity contribution in [1.29, 1.82) is 0 Å². The van der Waals surface area contributed by atoms with Crippen LogP contribution in [0.4, 0.5) is 0 Å². The molecular formula is C37H47N5O5S. The summed E-state index contributed by atoms with van der Waals surface area (Å²) in [6, 6.07) is 12.5. The van der Waals surface area contributed by atoms with Gasteiger partial charge in [0, 0.05) is 80.8 Å². The zero-order valence-corrected chi connectivity index (χ0v) is 29.6. The predicted molar refractivity (Wildman–Crippen MR) is 185 cm³/mol. The van der Waals surface area contributed by atoms with Gasteiger partial charge in [0.15, 0.2) is 0 Å². The number of piperazine rings is 1. The minimum atomic E-state index is -3.96. The first kappa shape index (κ1) is 31.8. The molecule has 4 heterocycles. The molecule has 5 aliphatic rings. The summed E-state index contributed by atoms with van der Waals surface area (Å²) in [6.45, 7) is 2.35. The number of ether oxygens (including phenoxy) is 1. The molecular weight excluding hydrogens is 627 g/mol. The van der Waals surface area contributed by atoms with Crippen molar-refractivity contribution in [1.82, 2.24) is 23.0 Å². The van der Waals surface area contributed by atoms with E-state index in [1.807, 2.05) is 18.2 Å². The first-order valence-corrected chi connectivity index (χ1v) is 18.9. The summed E-state index contributed by atoms with van der Waals surface area (Å²) >= 11 is 0. The standard InChI is InChI=1S/C37H47N5O5S/c1-38(2)48(45,46)40(4)35(43)24-11-15-29-32(17-24)41-22-37(36(44)42-25-12-13-26(42)21-39(3)20-25)19-31(37)30-18-27(47-5)14-16-28(30)34(41)33(29)23-9-7-6-8-10-23/h11,14-18,23,25-26,31H,6-10,12-13,19-22H2,1-5H3. The Kier molecular flexibility index (Phi) is 7.50. The van der Waals surface area contributed by atoms with Crippen molar-refractivity contribution in [3.63, 3.8) is 0 Å². The lowest BCUT2D eigenvalue weighted by Gasteiger charge is -2.41. The third-order valence-corrected chi connectivity index (χ3v) is 14.0. The van der Waals surface area contributed by atoms with Crippen LogP contribution in [0.2, 0.25) is 0 Å². The van der Waals surface area contributed by atoms with E-state index in [4.69, 9.17) is 4.74 Å². The molecule has 2 aliphatic carbocycles. The van der Waals surface area contributed by atoms with Gasteiger partial charge in [-0.15, -0.1) is 0 Å². The molecule has 2 bridgehead atoms. The highest BCUT2D eigenvalue weighted by Gasteiger charge is 2.65. The number of hydrogen-bond donors (Lipinski definition) is 0. The van der Waals surface area contributed by atoms with Crippen molar-refractivity contribution in [3.8, 4) is 17.0 Å². The van der Waals surface area contributed by atoms with E-state index in [-0.39, 0.29) is 23.9 Å². The van der Waals surface area contributed by atoms with Gasteiger partial charge in [-0.25, -0.2) is 4.31 Å². The minimum Gasteiger partial charge on any atom is -0.497 e. The van der Waals surface area contributed by atoms with Crippen LogP contribution in [0.3, 0.4) is 0 Å². The average molecular weight is 674 g/mol. The largest absolute Gasteiger partial charge is 0.497 e. The molecule has 0 radical (unpaired) electrons. The second-order valence-corrected chi connectivity index (χ2v) is 17.3. The number of amides is 2. The first-order chi connectivity index (χ1) is 23.0. The van der Waals surface area contributed by atoms with E-state index in [2.05, 4.69) is 33.5 Å².